The van der Waals surface area contributed by atoms with Crippen molar-refractivity contribution in [2.75, 3.05) is 20.3 Å². The van der Waals surface area contributed by atoms with Crippen LogP contribution in [0.5, 0.6) is 0 Å². The van der Waals surface area contributed by atoms with Gasteiger partial charge in [-0.05, 0) is 61.9 Å². The van der Waals surface area contributed by atoms with Crippen molar-refractivity contribution >= 4 is 15.9 Å². The molecule has 0 fully saturated rings. The zero-order valence-electron chi connectivity index (χ0n) is 17.3. The van der Waals surface area contributed by atoms with E-state index in [2.05, 4.69) is 15.1 Å². The van der Waals surface area contributed by atoms with Crippen LogP contribution >= 0.6 is 0 Å². The van der Waals surface area contributed by atoms with Crippen LogP contribution in [0.4, 0.5) is 0 Å². The number of hydrogen-bond acceptors (Lipinski definition) is 5. The third kappa shape index (κ3) is 4.85. The minimum Gasteiger partial charge on any atom is -0.375 e. The topological polar surface area (TPSA) is 102 Å². The van der Waals surface area contributed by atoms with Gasteiger partial charge in [-0.15, -0.1) is 0 Å². The van der Waals surface area contributed by atoms with Crippen molar-refractivity contribution in [1.29, 1.82) is 0 Å². The lowest BCUT2D eigenvalue weighted by Crippen LogP contribution is -2.37. The van der Waals surface area contributed by atoms with Crippen LogP contribution in [0.3, 0.4) is 0 Å². The molecule has 9 heteroatoms. The van der Waals surface area contributed by atoms with Gasteiger partial charge in [-0.25, -0.2) is 13.1 Å². The Morgan fingerprint density at radius 1 is 1.28 bits per heavy atom. The fraction of sp³-hybridized carbons (Fsp3) is 0.500. The first-order valence-electron chi connectivity index (χ1n) is 9.60. The minimum absolute atomic E-state index is 0.0201. The van der Waals surface area contributed by atoms with Gasteiger partial charge >= 0.3 is 0 Å². The number of benzene rings is 1. The number of ether oxygens (including phenoxy) is 1. The predicted octanol–water partition coefficient (Wildman–Crippen LogP) is 0.788. The van der Waals surface area contributed by atoms with Crippen molar-refractivity contribution in [1.82, 2.24) is 19.8 Å². The number of nitrogens with zero attached hydrogens (tertiary/aromatic N) is 2. The van der Waals surface area contributed by atoms with E-state index >= 15 is 0 Å². The summed E-state index contributed by atoms with van der Waals surface area (Å²) in [7, 11) is -0.248. The van der Waals surface area contributed by atoms with E-state index < -0.39 is 10.0 Å². The quantitative estimate of drug-likeness (QED) is 0.657. The highest BCUT2D eigenvalue weighted by Crippen LogP contribution is 2.25. The Kier molecular flexibility index (Phi) is 6.40. The second-order valence-electron chi connectivity index (χ2n) is 7.46. The highest BCUT2D eigenvalue weighted by Gasteiger charge is 2.25. The lowest BCUT2D eigenvalue weighted by molar-refractivity contribution is -0.125. The molecule has 1 heterocycles. The average molecular weight is 421 g/mol. The van der Waals surface area contributed by atoms with Crippen molar-refractivity contribution < 1.29 is 17.9 Å². The lowest BCUT2D eigenvalue weighted by atomic mass is 10.1. The molecule has 158 valence electrons. The second-order valence-corrected chi connectivity index (χ2v) is 9.22. The van der Waals surface area contributed by atoms with Crippen LogP contribution in [-0.2, 0) is 45.9 Å². The van der Waals surface area contributed by atoms with Crippen LogP contribution in [-0.4, -0.2) is 50.4 Å². The van der Waals surface area contributed by atoms with Gasteiger partial charge in [0.1, 0.15) is 6.61 Å². The van der Waals surface area contributed by atoms with Crippen LogP contribution in [0.1, 0.15) is 28.1 Å². The summed E-state index contributed by atoms with van der Waals surface area (Å²) in [5.41, 5.74) is 5.05. The summed E-state index contributed by atoms with van der Waals surface area (Å²) in [6, 6.07) is 5.14. The SMILES string of the molecule is COCC(=O)N[C@H]1Cc2ccc(S(=O)(=O)NCCc3c(C)nn(C)c3C)cc2C1. The molecule has 0 unspecified atom stereocenters. The fourth-order valence-electron chi connectivity index (χ4n) is 3.84. The average Bonchev–Trinajstić information content (AvgIpc) is 3.15. The van der Waals surface area contributed by atoms with E-state index in [0.717, 1.165) is 28.1 Å². The van der Waals surface area contributed by atoms with E-state index in [4.69, 9.17) is 4.74 Å². The molecule has 1 aliphatic rings. The number of aromatic nitrogens is 2. The Bertz CT molecular complexity index is 1010. The first kappa shape index (κ1) is 21.5. The van der Waals surface area contributed by atoms with Crippen LogP contribution in [0.25, 0.3) is 0 Å². The van der Waals surface area contributed by atoms with E-state index in [-0.39, 0.29) is 23.5 Å². The summed E-state index contributed by atoms with van der Waals surface area (Å²) in [6.07, 6.45) is 1.89. The number of methoxy groups -OCH3 is 1. The van der Waals surface area contributed by atoms with Gasteiger partial charge in [0.2, 0.25) is 15.9 Å². The van der Waals surface area contributed by atoms with E-state index in [1.54, 1.807) is 12.1 Å². The summed E-state index contributed by atoms with van der Waals surface area (Å²) in [5, 5.41) is 7.28. The van der Waals surface area contributed by atoms with Crippen molar-refractivity contribution in [3.63, 3.8) is 0 Å². The zero-order chi connectivity index (χ0) is 21.2. The molecule has 2 aromatic rings. The standard InChI is InChI=1S/C20H28N4O4S/c1-13-19(14(2)24(3)23-13)7-8-21-29(26,27)18-6-5-15-9-17(10-16(15)11-18)22-20(25)12-28-4/h5-6,11,17,21H,7-10,12H2,1-4H3,(H,22,25)/t17-/m0/s1. The number of hydrogen-bond donors (Lipinski definition) is 2. The number of carbonyl (C=O) groups excluding carboxylic acids is 1. The fourth-order valence-corrected chi connectivity index (χ4v) is 4.92. The third-order valence-corrected chi connectivity index (χ3v) is 6.85. The van der Waals surface area contributed by atoms with Gasteiger partial charge in [-0.3, -0.25) is 9.48 Å². The molecule has 29 heavy (non-hydrogen) atoms. The van der Waals surface area contributed by atoms with Crippen molar-refractivity contribution in [3.8, 4) is 0 Å². The molecule has 0 spiro atoms. The Labute approximate surface area is 171 Å². The molecular formula is C20H28N4O4S. The zero-order valence-corrected chi connectivity index (χ0v) is 18.1. The molecule has 0 saturated heterocycles. The first-order valence-corrected chi connectivity index (χ1v) is 11.1. The van der Waals surface area contributed by atoms with Crippen LogP contribution in [0.15, 0.2) is 23.1 Å². The number of rotatable bonds is 8. The number of sulfonamides is 1. The van der Waals surface area contributed by atoms with Crippen molar-refractivity contribution in [2.45, 2.75) is 44.0 Å². The van der Waals surface area contributed by atoms with E-state index in [0.29, 0.717) is 25.8 Å². The monoisotopic (exact) mass is 420 g/mol. The Morgan fingerprint density at radius 3 is 2.66 bits per heavy atom. The summed E-state index contributed by atoms with van der Waals surface area (Å²) in [6.45, 7) is 4.24. The maximum atomic E-state index is 12.7. The third-order valence-electron chi connectivity index (χ3n) is 5.39. The van der Waals surface area contributed by atoms with Crippen molar-refractivity contribution in [2.24, 2.45) is 7.05 Å². The Balaban J connectivity index is 1.63. The van der Waals surface area contributed by atoms with Crippen LogP contribution < -0.4 is 10.0 Å². The van der Waals surface area contributed by atoms with Gasteiger partial charge in [0.05, 0.1) is 10.6 Å². The summed E-state index contributed by atoms with van der Waals surface area (Å²) in [5.74, 6) is -0.166. The van der Waals surface area contributed by atoms with Crippen LogP contribution in [0, 0.1) is 13.8 Å². The molecule has 0 radical (unpaired) electrons. The Morgan fingerprint density at radius 2 is 2.00 bits per heavy atom. The summed E-state index contributed by atoms with van der Waals surface area (Å²) >= 11 is 0. The first-order chi connectivity index (χ1) is 13.7. The molecule has 2 N–H and O–H groups in total. The molecule has 3 rings (SSSR count). The molecule has 8 nitrogen and oxygen atoms in total. The molecule has 1 aromatic carbocycles. The molecular weight excluding hydrogens is 392 g/mol. The van der Waals surface area contributed by atoms with E-state index in [9.17, 15) is 13.2 Å². The number of aryl methyl sites for hydroxylation is 2. The summed E-state index contributed by atoms with van der Waals surface area (Å²) < 4.78 is 34.8. The number of amides is 1. The molecule has 1 aromatic heterocycles. The highest BCUT2D eigenvalue weighted by atomic mass is 32.2. The van der Waals surface area contributed by atoms with Crippen molar-refractivity contribution in [3.05, 3.63) is 46.3 Å². The highest BCUT2D eigenvalue weighted by molar-refractivity contribution is 7.89. The minimum atomic E-state index is -3.60. The van der Waals surface area contributed by atoms with Crippen LogP contribution in [0.2, 0.25) is 0 Å². The smallest absolute Gasteiger partial charge is 0.246 e. The van der Waals surface area contributed by atoms with Gasteiger partial charge in [0.25, 0.3) is 0 Å². The normalized spacial score (nSPS) is 16.1. The lowest BCUT2D eigenvalue weighted by Gasteiger charge is -2.11. The predicted molar refractivity (Wildman–Crippen MR) is 109 cm³/mol. The van der Waals surface area contributed by atoms with Gasteiger partial charge in [-0.2, -0.15) is 5.10 Å². The van der Waals surface area contributed by atoms with Gasteiger partial charge < -0.3 is 10.1 Å². The second kappa shape index (κ2) is 8.64. The molecule has 1 atom stereocenters. The number of carbonyl (C=O) groups is 1. The van der Waals surface area contributed by atoms with E-state index in [1.165, 1.54) is 7.11 Å². The maximum Gasteiger partial charge on any atom is 0.246 e. The Hall–Kier alpha value is -2.23. The maximum absolute atomic E-state index is 12.7. The summed E-state index contributed by atoms with van der Waals surface area (Å²) in [4.78, 5) is 12.0. The molecule has 1 amide bonds. The molecule has 1 aliphatic carbocycles. The molecule has 0 saturated carbocycles. The van der Waals surface area contributed by atoms with E-state index in [1.807, 2.05) is 31.6 Å². The van der Waals surface area contributed by atoms with Gasteiger partial charge in [0.15, 0.2) is 0 Å². The molecule has 0 bridgehead atoms. The van der Waals surface area contributed by atoms with Gasteiger partial charge in [-0.1, -0.05) is 6.07 Å². The molecule has 0 aliphatic heterocycles. The number of nitrogens with one attached hydrogen (secondary N) is 2. The number of fused-ring (bicyclic) bond motifs is 1. The van der Waals surface area contributed by atoms with Gasteiger partial charge in [0, 0.05) is 32.4 Å². The largest absolute Gasteiger partial charge is 0.375 e.